The van der Waals surface area contributed by atoms with E-state index in [1.165, 1.54) is 17.5 Å². The van der Waals surface area contributed by atoms with Crippen molar-refractivity contribution in [2.45, 2.75) is 45.1 Å². The fraction of sp³-hybridized carbons (Fsp3) is 0.381. The van der Waals surface area contributed by atoms with Crippen molar-refractivity contribution in [2.75, 3.05) is 11.9 Å². The van der Waals surface area contributed by atoms with E-state index in [0.717, 1.165) is 37.2 Å². The van der Waals surface area contributed by atoms with Crippen molar-refractivity contribution in [2.24, 2.45) is 0 Å². The third kappa shape index (κ3) is 5.07. The number of carbonyl (C=O) groups is 1. The summed E-state index contributed by atoms with van der Waals surface area (Å²) < 4.78 is 0. The average molecular weight is 359 g/mol. The minimum absolute atomic E-state index is 0. The maximum absolute atomic E-state index is 12.6. The standard InChI is InChI=1S/C21H26N2O.ClH/c1-2-22-15-18-9-4-6-13-20(18)23-21(24)14-17-11-7-10-16-8-3-5-12-19(16)17;/h3-6,8-9,12-13,17,22H,2,7,10-11,14-15H2,1H3,(H,23,24);1H. The van der Waals surface area contributed by atoms with E-state index in [2.05, 4.69) is 47.9 Å². The molecule has 134 valence electrons. The molecular formula is C21H27ClN2O. The van der Waals surface area contributed by atoms with Crippen molar-refractivity contribution in [3.05, 3.63) is 65.2 Å². The summed E-state index contributed by atoms with van der Waals surface area (Å²) in [6.07, 6.45) is 3.97. The van der Waals surface area contributed by atoms with Crippen LogP contribution in [0, 0.1) is 0 Å². The summed E-state index contributed by atoms with van der Waals surface area (Å²) in [5.41, 5.74) is 4.83. The van der Waals surface area contributed by atoms with E-state index < -0.39 is 0 Å². The van der Waals surface area contributed by atoms with Crippen LogP contribution in [0.1, 0.15) is 48.8 Å². The first-order valence-corrected chi connectivity index (χ1v) is 8.94. The van der Waals surface area contributed by atoms with E-state index >= 15 is 0 Å². The summed E-state index contributed by atoms with van der Waals surface area (Å²) in [5.74, 6) is 0.455. The van der Waals surface area contributed by atoms with Crippen molar-refractivity contribution in [1.29, 1.82) is 0 Å². The second kappa shape index (κ2) is 9.59. The van der Waals surface area contributed by atoms with Gasteiger partial charge >= 0.3 is 0 Å². The third-order valence-corrected chi connectivity index (χ3v) is 4.78. The number of hydrogen-bond donors (Lipinski definition) is 2. The van der Waals surface area contributed by atoms with Crippen LogP contribution in [0.25, 0.3) is 0 Å². The number of aryl methyl sites for hydroxylation is 1. The number of carbonyl (C=O) groups excluding carboxylic acids is 1. The molecule has 1 unspecified atom stereocenters. The Balaban J connectivity index is 0.00000225. The molecule has 0 bridgehead atoms. The number of fused-ring (bicyclic) bond motifs is 1. The number of halogens is 1. The lowest BCUT2D eigenvalue weighted by molar-refractivity contribution is -0.116. The van der Waals surface area contributed by atoms with Crippen LogP contribution < -0.4 is 10.6 Å². The molecule has 0 spiro atoms. The van der Waals surface area contributed by atoms with Crippen LogP contribution in [0.3, 0.4) is 0 Å². The van der Waals surface area contributed by atoms with E-state index in [0.29, 0.717) is 12.3 Å². The van der Waals surface area contributed by atoms with Crippen LogP contribution in [0.4, 0.5) is 5.69 Å². The van der Waals surface area contributed by atoms with Gasteiger partial charge < -0.3 is 10.6 Å². The number of hydrogen-bond acceptors (Lipinski definition) is 2. The van der Waals surface area contributed by atoms with Crippen molar-refractivity contribution in [3.63, 3.8) is 0 Å². The average Bonchev–Trinajstić information content (AvgIpc) is 2.61. The van der Waals surface area contributed by atoms with Crippen LogP contribution >= 0.6 is 12.4 Å². The predicted molar refractivity (Wildman–Crippen MR) is 106 cm³/mol. The summed E-state index contributed by atoms with van der Waals surface area (Å²) in [4.78, 5) is 12.6. The lowest BCUT2D eigenvalue weighted by Gasteiger charge is -2.25. The molecule has 0 aliphatic heterocycles. The Morgan fingerprint density at radius 1 is 1.12 bits per heavy atom. The molecule has 1 atom stereocenters. The van der Waals surface area contributed by atoms with Crippen molar-refractivity contribution >= 4 is 24.0 Å². The predicted octanol–water partition coefficient (Wildman–Crippen LogP) is 4.67. The Kier molecular flexibility index (Phi) is 7.48. The summed E-state index contributed by atoms with van der Waals surface area (Å²) in [7, 11) is 0. The summed E-state index contributed by atoms with van der Waals surface area (Å²) in [5, 5.41) is 6.44. The molecule has 1 amide bonds. The molecule has 0 heterocycles. The van der Waals surface area contributed by atoms with Gasteiger partial charge in [0.05, 0.1) is 0 Å². The first kappa shape index (κ1) is 19.5. The molecule has 1 aliphatic rings. The van der Waals surface area contributed by atoms with Gasteiger partial charge in [-0.2, -0.15) is 0 Å². The quantitative estimate of drug-likeness (QED) is 0.788. The Hall–Kier alpha value is -1.84. The summed E-state index contributed by atoms with van der Waals surface area (Å²) in [6.45, 7) is 3.78. The molecule has 3 rings (SSSR count). The maximum Gasteiger partial charge on any atom is 0.224 e. The number of nitrogens with one attached hydrogen (secondary N) is 2. The van der Waals surface area contributed by atoms with Crippen LogP contribution in [0.5, 0.6) is 0 Å². The number of para-hydroxylation sites is 1. The first-order chi connectivity index (χ1) is 11.8. The van der Waals surface area contributed by atoms with Crippen LogP contribution in [0.2, 0.25) is 0 Å². The topological polar surface area (TPSA) is 41.1 Å². The molecule has 0 radical (unpaired) electrons. The van der Waals surface area contributed by atoms with E-state index in [1.54, 1.807) is 0 Å². The van der Waals surface area contributed by atoms with Gasteiger partial charge in [0.2, 0.25) is 5.91 Å². The molecular weight excluding hydrogens is 332 g/mol. The van der Waals surface area contributed by atoms with Crippen LogP contribution in [-0.4, -0.2) is 12.5 Å². The molecule has 2 N–H and O–H groups in total. The monoisotopic (exact) mass is 358 g/mol. The van der Waals surface area contributed by atoms with Gasteiger partial charge in [0.25, 0.3) is 0 Å². The van der Waals surface area contributed by atoms with Gasteiger partial charge in [-0.15, -0.1) is 12.4 Å². The largest absolute Gasteiger partial charge is 0.326 e. The zero-order chi connectivity index (χ0) is 16.8. The number of benzene rings is 2. The number of amides is 1. The highest BCUT2D eigenvalue weighted by Gasteiger charge is 2.22. The lowest BCUT2D eigenvalue weighted by atomic mass is 9.81. The van der Waals surface area contributed by atoms with Gasteiger partial charge in [-0.05, 0) is 54.5 Å². The summed E-state index contributed by atoms with van der Waals surface area (Å²) in [6, 6.07) is 16.6. The maximum atomic E-state index is 12.6. The highest BCUT2D eigenvalue weighted by Crippen LogP contribution is 2.34. The normalized spacial score (nSPS) is 15.8. The van der Waals surface area contributed by atoms with Gasteiger partial charge in [0.15, 0.2) is 0 Å². The van der Waals surface area contributed by atoms with E-state index in [-0.39, 0.29) is 18.3 Å². The molecule has 0 fully saturated rings. The van der Waals surface area contributed by atoms with Crippen LogP contribution in [-0.2, 0) is 17.8 Å². The van der Waals surface area contributed by atoms with Gasteiger partial charge in [-0.3, -0.25) is 4.79 Å². The minimum Gasteiger partial charge on any atom is -0.326 e. The highest BCUT2D eigenvalue weighted by molar-refractivity contribution is 5.92. The van der Waals surface area contributed by atoms with E-state index in [1.807, 2.05) is 18.2 Å². The molecule has 1 aliphatic carbocycles. The van der Waals surface area contributed by atoms with Gasteiger partial charge in [0, 0.05) is 18.7 Å². The minimum atomic E-state index is 0. The highest BCUT2D eigenvalue weighted by atomic mass is 35.5. The Morgan fingerprint density at radius 2 is 1.88 bits per heavy atom. The first-order valence-electron chi connectivity index (χ1n) is 8.94. The van der Waals surface area contributed by atoms with Crippen molar-refractivity contribution < 1.29 is 4.79 Å². The Morgan fingerprint density at radius 3 is 2.72 bits per heavy atom. The van der Waals surface area contributed by atoms with E-state index in [9.17, 15) is 4.79 Å². The lowest BCUT2D eigenvalue weighted by Crippen LogP contribution is -2.20. The van der Waals surface area contributed by atoms with E-state index in [4.69, 9.17) is 0 Å². The van der Waals surface area contributed by atoms with Gasteiger partial charge in [-0.25, -0.2) is 0 Å². The Labute approximate surface area is 156 Å². The molecule has 25 heavy (non-hydrogen) atoms. The fourth-order valence-electron chi connectivity index (χ4n) is 3.55. The molecule has 2 aromatic rings. The van der Waals surface area contributed by atoms with Gasteiger partial charge in [-0.1, -0.05) is 49.4 Å². The van der Waals surface area contributed by atoms with Crippen molar-refractivity contribution in [3.8, 4) is 0 Å². The fourth-order valence-corrected chi connectivity index (χ4v) is 3.55. The van der Waals surface area contributed by atoms with Crippen LogP contribution in [0.15, 0.2) is 48.5 Å². The van der Waals surface area contributed by atoms with Crippen molar-refractivity contribution in [1.82, 2.24) is 5.32 Å². The molecule has 0 aromatic heterocycles. The molecule has 0 saturated carbocycles. The molecule has 4 heteroatoms. The second-order valence-electron chi connectivity index (χ2n) is 6.48. The zero-order valence-corrected chi connectivity index (χ0v) is 15.6. The number of rotatable bonds is 6. The smallest absolute Gasteiger partial charge is 0.224 e. The zero-order valence-electron chi connectivity index (χ0n) is 14.8. The molecule has 3 nitrogen and oxygen atoms in total. The second-order valence-corrected chi connectivity index (χ2v) is 6.48. The third-order valence-electron chi connectivity index (χ3n) is 4.78. The molecule has 0 saturated heterocycles. The SMILES string of the molecule is CCNCc1ccccc1NC(=O)CC1CCCc2ccccc21.Cl. The Bertz CT molecular complexity index is 702. The summed E-state index contributed by atoms with van der Waals surface area (Å²) >= 11 is 0. The van der Waals surface area contributed by atoms with Gasteiger partial charge in [0.1, 0.15) is 0 Å². The molecule has 2 aromatic carbocycles. The number of anilines is 1.